The quantitative estimate of drug-likeness (QED) is 0.0536. The van der Waals surface area contributed by atoms with Crippen molar-refractivity contribution in [3.05, 3.63) is 47.6 Å². The van der Waals surface area contributed by atoms with Gasteiger partial charge < -0.3 is 43.5 Å². The minimum absolute atomic E-state index is 0.0166. The Kier molecular flexibility index (Phi) is 24.4. The maximum atomic E-state index is 14.5. The van der Waals surface area contributed by atoms with E-state index >= 15 is 0 Å². The predicted octanol–water partition coefficient (Wildman–Crippen LogP) is 8.03. The first-order chi connectivity index (χ1) is 32.8. The molecule has 390 valence electrons. The van der Waals surface area contributed by atoms with Crippen LogP contribution in [-0.2, 0) is 52.4 Å². The van der Waals surface area contributed by atoms with E-state index in [9.17, 15) is 34.2 Å². The number of hydrogen-bond donors (Lipinski definition) is 2. The van der Waals surface area contributed by atoms with Crippen molar-refractivity contribution < 1.29 is 62.6 Å². The van der Waals surface area contributed by atoms with Gasteiger partial charge in [0.25, 0.3) is 11.7 Å². The lowest BCUT2D eigenvalue weighted by molar-refractivity contribution is -0.265. The molecule has 3 aliphatic heterocycles. The fraction of sp³-hybridized carbons (Fsp3) is 0.759. The fourth-order valence-corrected chi connectivity index (χ4v) is 10.9. The normalized spacial score (nSPS) is 37.6. The maximum Gasteiger partial charge on any atom is 0.329 e. The van der Waals surface area contributed by atoms with Crippen LogP contribution in [-0.4, -0.2) is 138 Å². The average Bonchev–Trinajstić information content (AvgIpc) is 3.33. The molecule has 2 N–H and O–H groups in total. The van der Waals surface area contributed by atoms with Crippen LogP contribution in [0.1, 0.15) is 132 Å². The van der Waals surface area contributed by atoms with Crippen LogP contribution in [0.15, 0.2) is 47.6 Å². The Balaban J connectivity index is 1.69. The van der Waals surface area contributed by atoms with Crippen LogP contribution in [0.3, 0.4) is 0 Å². The van der Waals surface area contributed by atoms with Crippen molar-refractivity contribution in [1.29, 1.82) is 0 Å². The number of halogens is 1. The summed E-state index contributed by atoms with van der Waals surface area (Å²) in [6.45, 7) is 13.6. The van der Waals surface area contributed by atoms with Crippen LogP contribution in [0.25, 0.3) is 0 Å². The highest BCUT2D eigenvalue weighted by molar-refractivity contribution is 14.1. The predicted molar refractivity (Wildman–Crippen MR) is 272 cm³/mol. The van der Waals surface area contributed by atoms with Gasteiger partial charge in [-0.2, -0.15) is 0 Å². The first-order valence-electron chi connectivity index (χ1n) is 25.5. The number of ether oxygens (including phenoxy) is 6. The molecule has 1 aliphatic carbocycles. The number of nitrogens with zero attached hydrogens (tertiary/aromatic N) is 1. The largest absolute Gasteiger partial charge is 0.460 e. The zero-order valence-electron chi connectivity index (χ0n) is 43.1. The number of amides is 1. The van der Waals surface area contributed by atoms with E-state index in [1.165, 1.54) is 12.0 Å². The number of alkyl halides is 1. The molecule has 4 aliphatic rings. The van der Waals surface area contributed by atoms with Gasteiger partial charge in [-0.3, -0.25) is 19.2 Å². The van der Waals surface area contributed by atoms with E-state index < -0.39 is 77.8 Å². The summed E-state index contributed by atoms with van der Waals surface area (Å²) in [7, 11) is 4.67. The van der Waals surface area contributed by atoms with Gasteiger partial charge in [0, 0.05) is 69.5 Å². The lowest BCUT2D eigenvalue weighted by atomic mass is 9.78. The molecule has 0 aromatic rings. The van der Waals surface area contributed by atoms with E-state index in [0.717, 1.165) is 35.7 Å². The Morgan fingerprint density at radius 2 is 1.61 bits per heavy atom. The molecule has 69 heavy (non-hydrogen) atoms. The van der Waals surface area contributed by atoms with Gasteiger partial charge in [0.2, 0.25) is 5.79 Å². The smallest absolute Gasteiger partial charge is 0.329 e. The molecule has 1 saturated carbocycles. The van der Waals surface area contributed by atoms with Gasteiger partial charge in [0.1, 0.15) is 30.1 Å². The van der Waals surface area contributed by atoms with Crippen LogP contribution >= 0.6 is 22.6 Å². The molecular weight excluding hydrogens is 997 g/mol. The highest BCUT2D eigenvalue weighted by Gasteiger charge is 2.53. The highest BCUT2D eigenvalue weighted by Crippen LogP contribution is 2.38. The molecule has 2 bridgehead atoms. The Labute approximate surface area is 425 Å². The molecule has 0 unspecified atom stereocenters. The minimum atomic E-state index is -2.42. The van der Waals surface area contributed by atoms with Crippen LogP contribution in [0.4, 0.5) is 0 Å². The van der Waals surface area contributed by atoms with Crippen molar-refractivity contribution >= 4 is 51.8 Å². The topological polar surface area (TPSA) is 184 Å². The molecule has 4 rings (SSSR count). The number of esters is 1. The lowest BCUT2D eigenvalue weighted by Crippen LogP contribution is -2.61. The number of carbonyl (C=O) groups excluding carboxylic acids is 5. The third kappa shape index (κ3) is 16.4. The third-order valence-corrected chi connectivity index (χ3v) is 15.8. The summed E-state index contributed by atoms with van der Waals surface area (Å²) in [6.07, 6.45) is 13.8. The van der Waals surface area contributed by atoms with Crippen LogP contribution in [0.2, 0.25) is 0 Å². The van der Waals surface area contributed by atoms with E-state index in [0.29, 0.717) is 57.1 Å². The number of carbonyl (C=O) groups is 5. The number of aliphatic hydroxyl groups excluding tert-OH is 1. The lowest BCUT2D eigenvalue weighted by Gasteiger charge is -2.42. The average molecular weight is 1080 g/mol. The number of piperidine rings is 1. The Hall–Kier alpha value is -2.64. The van der Waals surface area contributed by atoms with E-state index in [2.05, 4.69) is 22.6 Å². The summed E-state index contributed by atoms with van der Waals surface area (Å²) in [5.41, 5.74) is 1.29. The molecule has 0 aromatic heterocycles. The fourth-order valence-electron chi connectivity index (χ4n) is 10.6. The number of allylic oxidation sites excluding steroid dienone is 6. The standard InChI is InChI=1S/C54H84INO13/c1-33-17-12-11-13-18-34(2)45(64-8)31-41-22-20-39(7)54(63,69-41)51(60)52(61)56-25-15-14-19-42(56)53(62)68-46(36(4)29-40-21-23-44(47(30-40)65-9)67-26-16-24-55)32-43(57)35(3)28-38(6)49(59)50(66-10)48(58)37(5)27-33/h11-13,17-18,28,33,35-37,39-42,44-47,49-50,59,63H,14-16,19-27,29-32H2,1-10H3/b13-11?,17-12+,34-18?,38-28+/t33-,35-,36+,37-,39-,40+,41+,42+,44-,45+,46+,47-,49-,50+,54-/m1/s1. The zero-order valence-corrected chi connectivity index (χ0v) is 45.2. The summed E-state index contributed by atoms with van der Waals surface area (Å²) in [5, 5.41) is 23.5. The van der Waals surface area contributed by atoms with Gasteiger partial charge in [0.15, 0.2) is 5.78 Å². The van der Waals surface area contributed by atoms with Gasteiger partial charge in [0.05, 0.1) is 24.4 Å². The second-order valence-corrected chi connectivity index (χ2v) is 21.6. The van der Waals surface area contributed by atoms with Crippen LogP contribution in [0.5, 0.6) is 0 Å². The molecular formula is C54H84INO13. The van der Waals surface area contributed by atoms with Gasteiger partial charge in [-0.25, -0.2) is 4.79 Å². The van der Waals surface area contributed by atoms with Crippen molar-refractivity contribution in [2.75, 3.05) is 38.9 Å². The summed E-state index contributed by atoms with van der Waals surface area (Å²) in [4.78, 5) is 72.3. The number of rotatable bonds is 10. The van der Waals surface area contributed by atoms with Gasteiger partial charge in [-0.15, -0.1) is 0 Å². The molecule has 3 heterocycles. The van der Waals surface area contributed by atoms with Gasteiger partial charge >= 0.3 is 5.97 Å². The molecule has 3 fully saturated rings. The Morgan fingerprint density at radius 1 is 0.870 bits per heavy atom. The Bertz CT molecular complexity index is 1830. The molecule has 1 amide bonds. The molecule has 15 atom stereocenters. The van der Waals surface area contributed by atoms with Crippen molar-refractivity contribution in [3.63, 3.8) is 0 Å². The minimum Gasteiger partial charge on any atom is -0.460 e. The van der Waals surface area contributed by atoms with E-state index in [-0.39, 0.29) is 60.9 Å². The number of aliphatic hydroxyl groups is 2. The second-order valence-electron chi connectivity index (χ2n) is 20.5. The number of methoxy groups -OCH3 is 3. The number of cyclic esters (lactones) is 1. The van der Waals surface area contributed by atoms with Crippen molar-refractivity contribution in [2.24, 2.45) is 35.5 Å². The number of ketones is 3. The van der Waals surface area contributed by atoms with E-state index in [1.54, 1.807) is 41.1 Å². The van der Waals surface area contributed by atoms with Crippen LogP contribution in [0, 0.1) is 35.5 Å². The number of Topliss-reactive ketones (excluding diaryl/α,β-unsaturated/α-hetero) is 3. The third-order valence-electron chi connectivity index (χ3n) is 15.1. The zero-order chi connectivity index (χ0) is 51.0. The first kappa shape index (κ1) is 58.9. The summed E-state index contributed by atoms with van der Waals surface area (Å²) < 4.78 is 37.1. The van der Waals surface area contributed by atoms with Gasteiger partial charge in [-0.05, 0) is 113 Å². The van der Waals surface area contributed by atoms with E-state index in [1.807, 2.05) is 58.1 Å². The first-order valence-corrected chi connectivity index (χ1v) is 27.0. The molecule has 0 radical (unpaired) electrons. The summed E-state index contributed by atoms with van der Waals surface area (Å²) in [6, 6.07) is -1.13. The molecule has 0 aromatic carbocycles. The SMILES string of the molecule is CO[C@H]1C[C@@H]2CC[C@@H](C)[C@@](O)(O2)C(=O)C(=O)N2CCCC[C@H]2C(=O)O[C@H]([C@@H](C)C[C@@H]2CC[C@@H](OCCCI)[C@H](OC)C2)CC(=O)[C@H](C)/C=C(\C)[C@@H](O)[C@@H](OC)C(=O)[C@H](C)C[C@H](C)/C=C/C=CC=C1C. The van der Waals surface area contributed by atoms with E-state index in [4.69, 9.17) is 28.4 Å². The highest BCUT2D eigenvalue weighted by atomic mass is 127. The van der Waals surface area contributed by atoms with Crippen molar-refractivity contribution in [3.8, 4) is 0 Å². The summed E-state index contributed by atoms with van der Waals surface area (Å²) >= 11 is 2.34. The molecule has 14 nitrogen and oxygen atoms in total. The second kappa shape index (κ2) is 28.6. The van der Waals surface area contributed by atoms with Crippen molar-refractivity contribution in [1.82, 2.24) is 4.90 Å². The molecule has 15 heteroatoms. The monoisotopic (exact) mass is 1080 g/mol. The maximum absolute atomic E-state index is 14.5. The molecule has 0 spiro atoms. The summed E-state index contributed by atoms with van der Waals surface area (Å²) in [5.74, 6) is -7.71. The Morgan fingerprint density at radius 3 is 2.29 bits per heavy atom. The number of hydrogen-bond acceptors (Lipinski definition) is 13. The number of fused-ring (bicyclic) bond motifs is 3. The van der Waals surface area contributed by atoms with Crippen LogP contribution < -0.4 is 0 Å². The van der Waals surface area contributed by atoms with Gasteiger partial charge in [-0.1, -0.05) is 93.7 Å². The molecule has 2 saturated heterocycles. The van der Waals surface area contributed by atoms with Crippen molar-refractivity contribution in [2.45, 2.75) is 186 Å².